The van der Waals surface area contributed by atoms with E-state index in [0.29, 0.717) is 26.8 Å². The molecule has 108 valence electrons. The van der Waals surface area contributed by atoms with Crippen LogP contribution in [0.15, 0.2) is 12.1 Å². The van der Waals surface area contributed by atoms with Gasteiger partial charge < -0.3 is 9.55 Å². The molecule has 0 spiro atoms. The van der Waals surface area contributed by atoms with E-state index < -0.39 is 0 Å². The molecule has 3 rings (SSSR count). The topological polar surface area (TPSA) is 20.7 Å². The highest BCUT2D eigenvalue weighted by Crippen LogP contribution is 2.68. The summed E-state index contributed by atoms with van der Waals surface area (Å²) in [4.78, 5) is 3.22. The van der Waals surface area contributed by atoms with Gasteiger partial charge in [-0.1, -0.05) is 50.9 Å². The van der Waals surface area contributed by atoms with Crippen molar-refractivity contribution in [3.8, 4) is 0 Å². The molecule has 0 amide bonds. The fraction of sp³-hybridized carbons (Fsp3) is 0.533. The van der Waals surface area contributed by atoms with E-state index in [4.69, 9.17) is 35.4 Å². The summed E-state index contributed by atoms with van der Waals surface area (Å²) in [5.41, 5.74) is 2.65. The summed E-state index contributed by atoms with van der Waals surface area (Å²) in [6.07, 6.45) is 0. The summed E-state index contributed by atoms with van der Waals surface area (Å²) in [5, 5.41) is 1.12. The third kappa shape index (κ3) is 1.87. The van der Waals surface area contributed by atoms with Gasteiger partial charge in [-0.3, -0.25) is 0 Å². The summed E-state index contributed by atoms with van der Waals surface area (Å²) in [7, 11) is 0. The average Bonchev–Trinajstić information content (AvgIpc) is 2.60. The Kier molecular flexibility index (Phi) is 3.06. The predicted molar refractivity (Wildman–Crippen MR) is 88.2 cm³/mol. The minimum absolute atomic E-state index is 0.335. The summed E-state index contributed by atoms with van der Waals surface area (Å²) in [6, 6.07) is 3.74. The van der Waals surface area contributed by atoms with E-state index in [1.165, 1.54) is 0 Å². The number of imidazole rings is 1. The van der Waals surface area contributed by atoms with Gasteiger partial charge in [0, 0.05) is 6.54 Å². The van der Waals surface area contributed by atoms with Crippen LogP contribution in [-0.2, 0) is 6.54 Å². The lowest BCUT2D eigenvalue weighted by molar-refractivity contribution is 0.457. The van der Waals surface area contributed by atoms with Crippen molar-refractivity contribution in [3.63, 3.8) is 0 Å². The molecule has 0 saturated heterocycles. The molecular weight excluding hydrogens is 311 g/mol. The number of hydrogen-bond acceptors (Lipinski definition) is 1. The van der Waals surface area contributed by atoms with Crippen molar-refractivity contribution in [3.05, 3.63) is 26.9 Å². The molecule has 2 nitrogen and oxygen atoms in total. The van der Waals surface area contributed by atoms with Gasteiger partial charge in [-0.05, 0) is 41.1 Å². The summed E-state index contributed by atoms with van der Waals surface area (Å²) in [5.74, 6) is 0.607. The third-order valence-electron chi connectivity index (χ3n) is 5.50. The number of nitrogens with zero attached hydrogens (tertiary/aromatic N) is 1. The Morgan fingerprint density at radius 3 is 2.25 bits per heavy atom. The van der Waals surface area contributed by atoms with E-state index in [1.54, 1.807) is 0 Å². The Bertz CT molecular complexity index is 741. The molecular formula is C15H18Cl2N2S. The zero-order valence-corrected chi connectivity index (χ0v) is 14.4. The molecule has 0 atom stereocenters. The van der Waals surface area contributed by atoms with Gasteiger partial charge in [0.25, 0.3) is 0 Å². The molecule has 1 fully saturated rings. The van der Waals surface area contributed by atoms with E-state index in [0.717, 1.165) is 22.3 Å². The minimum Gasteiger partial charge on any atom is -0.331 e. The Hall–Kier alpha value is -0.510. The number of benzene rings is 1. The lowest BCUT2D eigenvalue weighted by Gasteiger charge is -2.07. The Labute approximate surface area is 134 Å². The first-order chi connectivity index (χ1) is 9.16. The Morgan fingerprint density at radius 2 is 1.70 bits per heavy atom. The number of rotatable bonds is 2. The van der Waals surface area contributed by atoms with E-state index in [1.807, 2.05) is 12.1 Å². The van der Waals surface area contributed by atoms with Crippen LogP contribution in [0.1, 0.15) is 27.7 Å². The first-order valence-corrected chi connectivity index (χ1v) is 7.90. The van der Waals surface area contributed by atoms with Crippen LogP contribution in [0, 0.1) is 21.5 Å². The van der Waals surface area contributed by atoms with Gasteiger partial charge in [0.1, 0.15) is 0 Å². The highest BCUT2D eigenvalue weighted by atomic mass is 35.5. The zero-order chi connectivity index (χ0) is 14.9. The van der Waals surface area contributed by atoms with Gasteiger partial charge in [-0.2, -0.15) is 0 Å². The molecule has 5 heteroatoms. The van der Waals surface area contributed by atoms with Gasteiger partial charge in [0.2, 0.25) is 0 Å². The number of halogens is 2. The largest absolute Gasteiger partial charge is 0.331 e. The summed E-state index contributed by atoms with van der Waals surface area (Å²) >= 11 is 17.7. The smallest absolute Gasteiger partial charge is 0.178 e. The predicted octanol–water partition coefficient (Wildman–Crippen LogP) is 5.69. The fourth-order valence-electron chi connectivity index (χ4n) is 3.31. The minimum atomic E-state index is 0.335. The first-order valence-electron chi connectivity index (χ1n) is 6.74. The molecule has 0 aliphatic heterocycles. The van der Waals surface area contributed by atoms with Crippen LogP contribution in [0.2, 0.25) is 10.0 Å². The monoisotopic (exact) mass is 328 g/mol. The molecule has 0 unspecified atom stereocenters. The lowest BCUT2D eigenvalue weighted by atomic mass is 10.0. The molecule has 1 aliphatic rings. The second-order valence-corrected chi connectivity index (χ2v) is 8.02. The van der Waals surface area contributed by atoms with Crippen LogP contribution in [-0.4, -0.2) is 9.55 Å². The van der Waals surface area contributed by atoms with Crippen molar-refractivity contribution < 1.29 is 0 Å². The molecule has 1 aromatic carbocycles. The van der Waals surface area contributed by atoms with Crippen molar-refractivity contribution >= 4 is 46.5 Å². The standard InChI is InChI=1S/C15H18Cl2N2S/c1-14(2)12(15(14,3)4)7-19-11-6-9(17)8(16)5-10(11)18-13(19)20/h5-6,12H,7H2,1-4H3,(H,18,20). The first kappa shape index (κ1) is 14.4. The van der Waals surface area contributed by atoms with Crippen LogP contribution in [0.4, 0.5) is 0 Å². The summed E-state index contributed by atoms with van der Waals surface area (Å²) in [6.45, 7) is 10.2. The van der Waals surface area contributed by atoms with Gasteiger partial charge >= 0.3 is 0 Å². The second kappa shape index (κ2) is 4.25. The molecule has 1 saturated carbocycles. The number of aromatic amines is 1. The lowest BCUT2D eigenvalue weighted by Crippen LogP contribution is -2.04. The highest BCUT2D eigenvalue weighted by molar-refractivity contribution is 7.71. The van der Waals surface area contributed by atoms with Gasteiger partial charge in [-0.15, -0.1) is 0 Å². The van der Waals surface area contributed by atoms with Crippen molar-refractivity contribution in [2.75, 3.05) is 0 Å². The van der Waals surface area contributed by atoms with Crippen LogP contribution < -0.4 is 0 Å². The number of H-pyrrole nitrogens is 1. The molecule has 1 heterocycles. The SMILES string of the molecule is CC1(C)C(Cn2c(=S)[nH]c3cc(Cl)c(Cl)cc32)C1(C)C. The average molecular weight is 329 g/mol. The maximum atomic E-state index is 6.14. The third-order valence-corrected chi connectivity index (χ3v) is 6.55. The number of nitrogens with one attached hydrogen (secondary N) is 1. The van der Waals surface area contributed by atoms with Crippen LogP contribution in [0.25, 0.3) is 11.0 Å². The van der Waals surface area contributed by atoms with Crippen molar-refractivity contribution in [2.45, 2.75) is 34.2 Å². The zero-order valence-electron chi connectivity index (χ0n) is 12.1. The van der Waals surface area contributed by atoms with Gasteiger partial charge in [-0.25, -0.2) is 0 Å². The van der Waals surface area contributed by atoms with E-state index >= 15 is 0 Å². The number of aromatic nitrogens is 2. The van der Waals surface area contributed by atoms with E-state index in [2.05, 4.69) is 37.2 Å². The Morgan fingerprint density at radius 1 is 1.15 bits per heavy atom. The molecule has 0 bridgehead atoms. The maximum Gasteiger partial charge on any atom is 0.178 e. The second-order valence-electron chi connectivity index (χ2n) is 6.82. The van der Waals surface area contributed by atoms with Crippen LogP contribution in [0.3, 0.4) is 0 Å². The van der Waals surface area contributed by atoms with Crippen molar-refractivity contribution in [2.24, 2.45) is 16.7 Å². The van der Waals surface area contributed by atoms with Crippen molar-refractivity contribution in [1.29, 1.82) is 0 Å². The molecule has 0 radical (unpaired) electrons. The molecule has 20 heavy (non-hydrogen) atoms. The normalized spacial score (nSPS) is 20.5. The maximum absolute atomic E-state index is 6.14. The fourth-order valence-corrected chi connectivity index (χ4v) is 3.91. The number of hydrogen-bond donors (Lipinski definition) is 1. The molecule has 1 aliphatic carbocycles. The van der Waals surface area contributed by atoms with Crippen molar-refractivity contribution in [1.82, 2.24) is 9.55 Å². The van der Waals surface area contributed by atoms with Crippen LogP contribution >= 0.6 is 35.4 Å². The molecule has 1 aromatic heterocycles. The van der Waals surface area contributed by atoms with Gasteiger partial charge in [0.05, 0.1) is 21.1 Å². The summed E-state index contributed by atoms with van der Waals surface area (Å²) < 4.78 is 2.88. The number of fused-ring (bicyclic) bond motifs is 1. The van der Waals surface area contributed by atoms with E-state index in [9.17, 15) is 0 Å². The van der Waals surface area contributed by atoms with E-state index in [-0.39, 0.29) is 0 Å². The Balaban J connectivity index is 2.07. The quantitative estimate of drug-likeness (QED) is 0.702. The highest BCUT2D eigenvalue weighted by Gasteiger charge is 2.64. The van der Waals surface area contributed by atoms with Crippen LogP contribution in [0.5, 0.6) is 0 Å². The van der Waals surface area contributed by atoms with Gasteiger partial charge in [0.15, 0.2) is 4.77 Å². The molecule has 2 aromatic rings. The molecule has 1 N–H and O–H groups in total.